The molecular formula is C37H70NO7P. The lowest BCUT2D eigenvalue weighted by molar-refractivity contribution is -0.870. The Bertz CT molecular complexity index is 838. The fraction of sp³-hybridized carbons (Fsp3) is 0.811. The number of phosphoric acid groups is 1. The molecule has 0 aromatic rings. The summed E-state index contributed by atoms with van der Waals surface area (Å²) in [7, 11) is 1.34. The molecule has 0 amide bonds. The van der Waals surface area contributed by atoms with Crippen LogP contribution in [0.3, 0.4) is 0 Å². The molecule has 9 heteroatoms. The van der Waals surface area contributed by atoms with E-state index in [0.29, 0.717) is 24.1 Å². The average molecular weight is 672 g/mol. The van der Waals surface area contributed by atoms with Gasteiger partial charge in [0.1, 0.15) is 19.3 Å². The standard InChI is InChI=1S/C37H70NO7P/c1-6-8-10-12-14-16-18-19-20-21-23-25-27-29-32-42-34-36(35-44-46(40,41)43-33-31-38(3,4)5)45-37(39)30-28-26-24-22-17-15-13-11-9-7-2/h10-13,16,18,36H,6-9,14-15,17,19-35H2,1-5H3/b12-10-,13-11-,18-16-. The summed E-state index contributed by atoms with van der Waals surface area (Å²) in [6.45, 7) is 5.23. The maximum Gasteiger partial charge on any atom is 0.306 e. The molecule has 0 saturated carbocycles. The van der Waals surface area contributed by atoms with E-state index in [9.17, 15) is 14.3 Å². The van der Waals surface area contributed by atoms with Crippen LogP contribution < -0.4 is 4.89 Å². The van der Waals surface area contributed by atoms with Gasteiger partial charge < -0.3 is 27.9 Å². The lowest BCUT2D eigenvalue weighted by atomic mass is 10.1. The summed E-state index contributed by atoms with van der Waals surface area (Å²) in [6, 6.07) is 0. The fourth-order valence-electron chi connectivity index (χ4n) is 4.52. The molecule has 2 unspecified atom stereocenters. The van der Waals surface area contributed by atoms with Crippen LogP contribution in [0, 0.1) is 0 Å². The normalized spacial score (nSPS) is 14.5. The van der Waals surface area contributed by atoms with Crippen molar-refractivity contribution < 1.29 is 37.3 Å². The third-order valence-corrected chi connectivity index (χ3v) is 8.34. The van der Waals surface area contributed by atoms with Crippen molar-refractivity contribution in [1.29, 1.82) is 0 Å². The van der Waals surface area contributed by atoms with Crippen molar-refractivity contribution >= 4 is 13.8 Å². The van der Waals surface area contributed by atoms with Crippen molar-refractivity contribution in [1.82, 2.24) is 0 Å². The summed E-state index contributed by atoms with van der Waals surface area (Å²) in [5.41, 5.74) is 0. The van der Waals surface area contributed by atoms with Gasteiger partial charge in [0.05, 0.1) is 34.4 Å². The van der Waals surface area contributed by atoms with Crippen LogP contribution in [0.2, 0.25) is 0 Å². The van der Waals surface area contributed by atoms with Crippen LogP contribution in [0.1, 0.15) is 136 Å². The van der Waals surface area contributed by atoms with Crippen molar-refractivity contribution in [2.75, 3.05) is 54.1 Å². The summed E-state index contributed by atoms with van der Waals surface area (Å²) >= 11 is 0. The minimum Gasteiger partial charge on any atom is -0.756 e. The van der Waals surface area contributed by atoms with Crippen LogP contribution in [0.5, 0.6) is 0 Å². The number of quaternary nitrogens is 1. The number of nitrogens with zero attached hydrogens (tertiary/aromatic N) is 1. The molecule has 0 spiro atoms. The molecule has 0 aliphatic carbocycles. The fourth-order valence-corrected chi connectivity index (χ4v) is 5.25. The third-order valence-electron chi connectivity index (χ3n) is 7.38. The first-order valence-corrected chi connectivity index (χ1v) is 19.7. The van der Waals surface area contributed by atoms with E-state index in [4.69, 9.17) is 18.5 Å². The zero-order chi connectivity index (χ0) is 34.2. The SMILES string of the molecule is CCC/C=C\C/C=C\CCCCCCCCOCC(COP(=O)([O-])OCC[N+](C)(C)C)OC(=O)CCCCCCC/C=C\CCC. The highest BCUT2D eigenvalue weighted by Crippen LogP contribution is 2.38. The number of allylic oxidation sites excluding steroid dienone is 6. The highest BCUT2D eigenvalue weighted by molar-refractivity contribution is 7.45. The van der Waals surface area contributed by atoms with Gasteiger partial charge in [0.2, 0.25) is 0 Å². The van der Waals surface area contributed by atoms with Crippen molar-refractivity contribution in [2.24, 2.45) is 0 Å². The van der Waals surface area contributed by atoms with Gasteiger partial charge in [0.15, 0.2) is 0 Å². The predicted molar refractivity (Wildman–Crippen MR) is 190 cm³/mol. The van der Waals surface area contributed by atoms with Gasteiger partial charge in [0.25, 0.3) is 7.82 Å². The van der Waals surface area contributed by atoms with Crippen LogP contribution >= 0.6 is 7.82 Å². The predicted octanol–water partition coefficient (Wildman–Crippen LogP) is 9.24. The Morgan fingerprint density at radius 2 is 1.20 bits per heavy atom. The van der Waals surface area contributed by atoms with Crippen LogP contribution in [-0.2, 0) is 27.9 Å². The second-order valence-electron chi connectivity index (χ2n) is 13.2. The van der Waals surface area contributed by atoms with Crippen molar-refractivity contribution in [2.45, 2.75) is 142 Å². The zero-order valence-corrected chi connectivity index (χ0v) is 31.2. The van der Waals surface area contributed by atoms with Gasteiger partial charge in [0, 0.05) is 13.0 Å². The molecular weight excluding hydrogens is 601 g/mol. The average Bonchev–Trinajstić information content (AvgIpc) is 2.99. The maximum absolute atomic E-state index is 12.5. The minimum atomic E-state index is -4.52. The first kappa shape index (κ1) is 44.7. The zero-order valence-electron chi connectivity index (χ0n) is 30.3. The monoisotopic (exact) mass is 671 g/mol. The van der Waals surface area contributed by atoms with Crippen molar-refractivity contribution in [3.8, 4) is 0 Å². The summed E-state index contributed by atoms with van der Waals surface area (Å²) in [6.07, 6.45) is 32.9. The van der Waals surface area contributed by atoms with E-state index in [1.807, 2.05) is 21.1 Å². The van der Waals surface area contributed by atoms with E-state index in [1.165, 1.54) is 38.5 Å². The van der Waals surface area contributed by atoms with Gasteiger partial charge in [-0.25, -0.2) is 0 Å². The number of hydrogen-bond acceptors (Lipinski definition) is 7. The molecule has 0 N–H and O–H groups in total. The number of phosphoric ester groups is 1. The number of hydrogen-bond donors (Lipinski definition) is 0. The van der Waals surface area contributed by atoms with Gasteiger partial charge in [-0.1, -0.05) is 108 Å². The Labute approximate surface area is 283 Å². The molecule has 0 rings (SSSR count). The third kappa shape index (κ3) is 34.1. The highest BCUT2D eigenvalue weighted by atomic mass is 31.2. The smallest absolute Gasteiger partial charge is 0.306 e. The summed E-state index contributed by atoms with van der Waals surface area (Å²) < 4.78 is 34.3. The molecule has 0 saturated heterocycles. The molecule has 0 radical (unpaired) electrons. The van der Waals surface area contributed by atoms with Crippen LogP contribution in [-0.4, -0.2) is 70.7 Å². The molecule has 0 aromatic carbocycles. The van der Waals surface area contributed by atoms with Gasteiger partial charge in [-0.2, -0.15) is 0 Å². The number of rotatable bonds is 33. The van der Waals surface area contributed by atoms with Gasteiger partial charge in [-0.05, 0) is 57.8 Å². The summed E-state index contributed by atoms with van der Waals surface area (Å²) in [5, 5.41) is 0. The van der Waals surface area contributed by atoms with E-state index in [0.717, 1.165) is 77.0 Å². The molecule has 0 aromatic heterocycles. The van der Waals surface area contributed by atoms with Crippen LogP contribution in [0.15, 0.2) is 36.5 Å². The molecule has 8 nitrogen and oxygen atoms in total. The first-order valence-electron chi connectivity index (χ1n) is 18.2. The van der Waals surface area contributed by atoms with Crippen LogP contribution in [0.4, 0.5) is 0 Å². The molecule has 0 bridgehead atoms. The Kier molecular flexibility index (Phi) is 30.2. The quantitative estimate of drug-likeness (QED) is 0.0226. The Balaban J connectivity index is 4.34. The molecule has 0 fully saturated rings. The lowest BCUT2D eigenvalue weighted by Crippen LogP contribution is -2.37. The van der Waals surface area contributed by atoms with E-state index in [2.05, 4.69) is 50.3 Å². The summed E-state index contributed by atoms with van der Waals surface area (Å²) in [5.74, 6) is -0.353. The number of unbranched alkanes of at least 4 members (excludes halogenated alkanes) is 13. The van der Waals surface area contributed by atoms with Crippen LogP contribution in [0.25, 0.3) is 0 Å². The van der Waals surface area contributed by atoms with Gasteiger partial charge >= 0.3 is 5.97 Å². The van der Waals surface area contributed by atoms with E-state index in [1.54, 1.807) is 0 Å². The van der Waals surface area contributed by atoms with E-state index in [-0.39, 0.29) is 25.8 Å². The van der Waals surface area contributed by atoms with Crippen molar-refractivity contribution in [3.63, 3.8) is 0 Å². The number of ether oxygens (including phenoxy) is 2. The molecule has 270 valence electrons. The number of carbonyl (C=O) groups excluding carboxylic acids is 1. The minimum absolute atomic E-state index is 0.0215. The summed E-state index contributed by atoms with van der Waals surface area (Å²) in [4.78, 5) is 24.8. The molecule has 2 atom stereocenters. The second-order valence-corrected chi connectivity index (χ2v) is 14.6. The maximum atomic E-state index is 12.5. The Morgan fingerprint density at radius 1 is 0.674 bits per heavy atom. The topological polar surface area (TPSA) is 94.1 Å². The van der Waals surface area contributed by atoms with E-state index >= 15 is 0 Å². The number of likely N-dealkylation sites (N-methyl/N-ethyl adjacent to an activating group) is 1. The molecule has 0 aliphatic heterocycles. The highest BCUT2D eigenvalue weighted by Gasteiger charge is 2.20. The lowest BCUT2D eigenvalue weighted by Gasteiger charge is -2.28. The molecule has 0 aliphatic rings. The molecule has 46 heavy (non-hydrogen) atoms. The van der Waals surface area contributed by atoms with Crippen molar-refractivity contribution in [3.05, 3.63) is 36.5 Å². The first-order chi connectivity index (χ1) is 22.1. The van der Waals surface area contributed by atoms with E-state index < -0.39 is 13.9 Å². The number of carbonyl (C=O) groups is 1. The second kappa shape index (κ2) is 31.0. The number of esters is 1. The Hall–Kier alpha value is -1.28. The van der Waals surface area contributed by atoms with Gasteiger partial charge in [-0.15, -0.1) is 0 Å². The Morgan fingerprint density at radius 3 is 1.80 bits per heavy atom. The largest absolute Gasteiger partial charge is 0.756 e. The van der Waals surface area contributed by atoms with Gasteiger partial charge in [-0.3, -0.25) is 9.36 Å². The molecule has 0 heterocycles.